The van der Waals surface area contributed by atoms with Crippen molar-refractivity contribution in [2.75, 3.05) is 4.90 Å². The van der Waals surface area contributed by atoms with Gasteiger partial charge in [-0.3, -0.25) is 0 Å². The Morgan fingerprint density at radius 1 is 0.250 bits per heavy atom. The quantitative estimate of drug-likeness (QED) is 0.138. The van der Waals surface area contributed by atoms with Crippen molar-refractivity contribution in [3.63, 3.8) is 0 Å². The maximum atomic E-state index is 2.44. The number of rotatable bonds is 8. The summed E-state index contributed by atoms with van der Waals surface area (Å²) >= 11 is 0. The van der Waals surface area contributed by atoms with Crippen molar-refractivity contribution in [2.45, 2.75) is 0 Å². The van der Waals surface area contributed by atoms with Gasteiger partial charge in [0.15, 0.2) is 0 Å². The lowest BCUT2D eigenvalue weighted by Crippen LogP contribution is -2.10. The van der Waals surface area contributed by atoms with Crippen LogP contribution in [-0.4, -0.2) is 4.57 Å². The number of hydrogen-bond donors (Lipinski definition) is 0. The van der Waals surface area contributed by atoms with Crippen molar-refractivity contribution in [1.29, 1.82) is 0 Å². The molecule has 13 rings (SSSR count). The highest BCUT2D eigenvalue weighted by atomic mass is 15.1. The fourth-order valence-corrected chi connectivity index (χ4v) is 10.4. The standard InChI is InChI=1S/C66H44N2/c1-4-14-47(15-5-1)59-41-37-57(44-64(59)48-16-6-2-7-17-48)67(55-33-26-45(27-34-55)51-31-38-60-53(42-51)25-24-49-18-10-12-22-58(49)60)56-35-28-46(29-36-56)52-32-39-62-63-40-30-50-19-11-13-23-61(50)66(63)68(65(62)43-52)54-20-8-3-9-21-54/h1-44H. The van der Waals surface area contributed by atoms with E-state index in [4.69, 9.17) is 0 Å². The van der Waals surface area contributed by atoms with Crippen molar-refractivity contribution in [3.05, 3.63) is 267 Å². The Kier molecular flexibility index (Phi) is 9.54. The van der Waals surface area contributed by atoms with E-state index in [1.807, 2.05) is 0 Å². The van der Waals surface area contributed by atoms with E-state index in [9.17, 15) is 0 Å². The van der Waals surface area contributed by atoms with E-state index in [2.05, 4.69) is 276 Å². The van der Waals surface area contributed by atoms with Gasteiger partial charge in [0.2, 0.25) is 0 Å². The molecular weight excluding hydrogens is 821 g/mol. The number of para-hydroxylation sites is 1. The third-order valence-electron chi connectivity index (χ3n) is 13.8. The normalized spacial score (nSPS) is 11.5. The molecule has 0 bridgehead atoms. The summed E-state index contributed by atoms with van der Waals surface area (Å²) < 4.78 is 2.44. The Labute approximate surface area is 395 Å². The van der Waals surface area contributed by atoms with E-state index < -0.39 is 0 Å². The fourth-order valence-electron chi connectivity index (χ4n) is 10.4. The summed E-state index contributed by atoms with van der Waals surface area (Å²) in [6, 6.07) is 97.5. The molecular formula is C66H44N2. The van der Waals surface area contributed by atoms with Gasteiger partial charge < -0.3 is 9.47 Å². The second-order valence-corrected chi connectivity index (χ2v) is 17.7. The molecule has 0 aliphatic rings. The monoisotopic (exact) mass is 864 g/mol. The lowest BCUT2D eigenvalue weighted by atomic mass is 9.93. The number of benzene rings is 12. The highest BCUT2D eigenvalue weighted by Gasteiger charge is 2.19. The summed E-state index contributed by atoms with van der Waals surface area (Å²) in [5, 5.41) is 10.1. The molecule has 1 aromatic heterocycles. The van der Waals surface area contributed by atoms with Gasteiger partial charge in [-0.25, -0.2) is 0 Å². The smallest absolute Gasteiger partial charge is 0.0619 e. The summed E-state index contributed by atoms with van der Waals surface area (Å²) in [4.78, 5) is 2.39. The minimum atomic E-state index is 1.08. The largest absolute Gasteiger partial charge is 0.310 e. The van der Waals surface area contributed by atoms with Crippen LogP contribution >= 0.6 is 0 Å². The molecule has 0 unspecified atom stereocenters. The molecule has 0 atom stereocenters. The summed E-state index contributed by atoms with van der Waals surface area (Å²) in [6.07, 6.45) is 0. The van der Waals surface area contributed by atoms with E-state index in [1.165, 1.54) is 93.1 Å². The average molecular weight is 865 g/mol. The van der Waals surface area contributed by atoms with Gasteiger partial charge in [0, 0.05) is 38.9 Å². The molecule has 13 aromatic rings. The van der Waals surface area contributed by atoms with Crippen LogP contribution in [0, 0.1) is 0 Å². The second kappa shape index (κ2) is 16.5. The molecule has 2 nitrogen and oxygen atoms in total. The van der Waals surface area contributed by atoms with Crippen LogP contribution in [0.4, 0.5) is 17.1 Å². The third kappa shape index (κ3) is 6.82. The fraction of sp³-hybridized carbons (Fsp3) is 0. The minimum Gasteiger partial charge on any atom is -0.310 e. The molecule has 68 heavy (non-hydrogen) atoms. The second-order valence-electron chi connectivity index (χ2n) is 17.7. The highest BCUT2D eigenvalue weighted by molar-refractivity contribution is 6.19. The van der Waals surface area contributed by atoms with Gasteiger partial charge in [0.25, 0.3) is 0 Å². The van der Waals surface area contributed by atoms with Gasteiger partial charge in [-0.15, -0.1) is 0 Å². The first-order valence-electron chi connectivity index (χ1n) is 23.4. The zero-order valence-corrected chi connectivity index (χ0v) is 37.3. The molecule has 1 heterocycles. The van der Waals surface area contributed by atoms with Crippen molar-refractivity contribution in [1.82, 2.24) is 4.57 Å². The van der Waals surface area contributed by atoms with Crippen LogP contribution in [0.15, 0.2) is 267 Å². The summed E-state index contributed by atoms with van der Waals surface area (Å²) in [5.41, 5.74) is 16.3. The number of fused-ring (bicyclic) bond motifs is 8. The highest BCUT2D eigenvalue weighted by Crippen LogP contribution is 2.43. The van der Waals surface area contributed by atoms with Gasteiger partial charge >= 0.3 is 0 Å². The number of hydrogen-bond acceptors (Lipinski definition) is 1. The van der Waals surface area contributed by atoms with E-state index in [-0.39, 0.29) is 0 Å². The Hall–Kier alpha value is -8.98. The summed E-state index contributed by atoms with van der Waals surface area (Å²) in [7, 11) is 0. The molecule has 0 aliphatic carbocycles. The van der Waals surface area contributed by atoms with Gasteiger partial charge in [-0.05, 0) is 132 Å². The van der Waals surface area contributed by atoms with Gasteiger partial charge in [0.1, 0.15) is 0 Å². The van der Waals surface area contributed by atoms with Crippen LogP contribution in [0.3, 0.4) is 0 Å². The first-order valence-corrected chi connectivity index (χ1v) is 23.4. The molecule has 0 fully saturated rings. The summed E-state index contributed by atoms with van der Waals surface area (Å²) in [5.74, 6) is 0. The first kappa shape index (κ1) is 39.4. The SMILES string of the molecule is c1ccc(-c2ccc(N(c3ccc(-c4ccc5c(ccc6ccccc65)c4)cc3)c3ccc(-c4ccc5c6ccc7ccccc7c6n(-c6ccccc6)c5c4)cc3)cc2-c2ccccc2)cc1. The maximum absolute atomic E-state index is 2.44. The molecule has 0 aliphatic heterocycles. The van der Waals surface area contributed by atoms with Gasteiger partial charge in [0.05, 0.1) is 11.0 Å². The van der Waals surface area contributed by atoms with Crippen LogP contribution in [0.2, 0.25) is 0 Å². The Morgan fingerprint density at radius 3 is 1.40 bits per heavy atom. The van der Waals surface area contributed by atoms with E-state index in [0.29, 0.717) is 0 Å². The third-order valence-corrected chi connectivity index (χ3v) is 13.8. The Balaban J connectivity index is 0.933. The van der Waals surface area contributed by atoms with Crippen molar-refractivity contribution in [2.24, 2.45) is 0 Å². The van der Waals surface area contributed by atoms with Gasteiger partial charge in [-0.2, -0.15) is 0 Å². The van der Waals surface area contributed by atoms with Gasteiger partial charge in [-0.1, -0.05) is 206 Å². The zero-order chi connectivity index (χ0) is 45.0. The molecule has 0 saturated carbocycles. The summed E-state index contributed by atoms with van der Waals surface area (Å²) in [6.45, 7) is 0. The van der Waals surface area contributed by atoms with Crippen molar-refractivity contribution < 1.29 is 0 Å². The molecule has 12 aromatic carbocycles. The Morgan fingerprint density at radius 2 is 0.721 bits per heavy atom. The molecule has 318 valence electrons. The average Bonchev–Trinajstić information content (AvgIpc) is 3.76. The molecule has 0 radical (unpaired) electrons. The first-order chi connectivity index (χ1) is 33.7. The molecule has 0 saturated heterocycles. The van der Waals surface area contributed by atoms with Crippen LogP contribution in [-0.2, 0) is 0 Å². The van der Waals surface area contributed by atoms with E-state index in [0.717, 1.165) is 28.3 Å². The zero-order valence-electron chi connectivity index (χ0n) is 37.3. The van der Waals surface area contributed by atoms with E-state index in [1.54, 1.807) is 0 Å². The van der Waals surface area contributed by atoms with Crippen molar-refractivity contribution in [3.8, 4) is 50.2 Å². The maximum Gasteiger partial charge on any atom is 0.0619 e. The number of anilines is 3. The lowest BCUT2D eigenvalue weighted by molar-refractivity contribution is 1.19. The lowest BCUT2D eigenvalue weighted by Gasteiger charge is -2.27. The molecule has 0 spiro atoms. The van der Waals surface area contributed by atoms with Crippen LogP contribution in [0.5, 0.6) is 0 Å². The van der Waals surface area contributed by atoms with Crippen LogP contribution in [0.25, 0.3) is 104 Å². The Bertz CT molecular complexity index is 3980. The predicted molar refractivity (Wildman–Crippen MR) is 290 cm³/mol. The molecule has 0 amide bonds. The minimum absolute atomic E-state index is 1.08. The number of aromatic nitrogens is 1. The van der Waals surface area contributed by atoms with E-state index >= 15 is 0 Å². The van der Waals surface area contributed by atoms with Crippen molar-refractivity contribution >= 4 is 71.2 Å². The van der Waals surface area contributed by atoms with Crippen LogP contribution in [0.1, 0.15) is 0 Å². The van der Waals surface area contributed by atoms with Crippen LogP contribution < -0.4 is 4.90 Å². The molecule has 2 heteroatoms. The molecule has 0 N–H and O–H groups in total. The topological polar surface area (TPSA) is 8.17 Å². The predicted octanol–water partition coefficient (Wildman–Crippen LogP) is 18.4. The number of nitrogens with zero attached hydrogens (tertiary/aromatic N) is 2.